The Hall–Kier alpha value is -0.960. The molecule has 0 spiro atoms. The molecule has 0 heterocycles. The number of hydrogen-bond donors (Lipinski definition) is 0. The molecule has 0 saturated carbocycles. The third-order valence-corrected chi connectivity index (χ3v) is 1.10. The molecule has 0 heteroatoms. The van der Waals surface area contributed by atoms with Gasteiger partial charge in [-0.3, -0.25) is 0 Å². The highest BCUT2D eigenvalue weighted by Gasteiger charge is 1.84. The summed E-state index contributed by atoms with van der Waals surface area (Å²) in [5.41, 5.74) is 0. The third-order valence-electron chi connectivity index (χ3n) is 1.10. The van der Waals surface area contributed by atoms with Crippen molar-refractivity contribution in [1.29, 1.82) is 0 Å². The largest absolute Gasteiger partial charge is 0.106 e. The highest BCUT2D eigenvalue weighted by molar-refractivity contribution is 5.08. The van der Waals surface area contributed by atoms with Crippen LogP contribution < -0.4 is 0 Å². The lowest BCUT2D eigenvalue weighted by Crippen LogP contribution is -1.80. The smallest absolute Gasteiger partial charge is 0.0354 e. The molecule has 0 aliphatic rings. The van der Waals surface area contributed by atoms with Crippen LogP contribution in [0.4, 0.5) is 0 Å². The molecule has 0 aliphatic heterocycles. The van der Waals surface area contributed by atoms with Crippen molar-refractivity contribution in [3.8, 4) is 11.8 Å². The van der Waals surface area contributed by atoms with Crippen molar-refractivity contribution in [1.82, 2.24) is 0 Å². The van der Waals surface area contributed by atoms with Crippen molar-refractivity contribution in [3.63, 3.8) is 0 Å². The summed E-state index contributed by atoms with van der Waals surface area (Å²) in [5, 5.41) is 0. The molecular weight excluding hydrogens is 120 g/mol. The molecule has 1 unspecified atom stereocenters. The second-order valence-electron chi connectivity index (χ2n) is 2.14. The zero-order chi connectivity index (χ0) is 7.82. The SMILES string of the molecule is C=CCC=CC(C)C#CC. The topological polar surface area (TPSA) is 0 Å². The second kappa shape index (κ2) is 6.16. The predicted octanol–water partition coefficient (Wildman–Crippen LogP) is 2.78. The van der Waals surface area contributed by atoms with Gasteiger partial charge in [-0.05, 0) is 20.3 Å². The van der Waals surface area contributed by atoms with Gasteiger partial charge in [0.15, 0.2) is 0 Å². The molecule has 0 saturated heterocycles. The van der Waals surface area contributed by atoms with E-state index < -0.39 is 0 Å². The summed E-state index contributed by atoms with van der Waals surface area (Å²) in [4.78, 5) is 0. The highest BCUT2D eigenvalue weighted by atomic mass is 13.9. The van der Waals surface area contributed by atoms with Crippen LogP contribution in [0.15, 0.2) is 24.8 Å². The van der Waals surface area contributed by atoms with Gasteiger partial charge in [0, 0.05) is 5.92 Å². The summed E-state index contributed by atoms with van der Waals surface area (Å²) in [7, 11) is 0. The fourth-order valence-electron chi connectivity index (χ4n) is 0.655. The fraction of sp³-hybridized carbons (Fsp3) is 0.400. The normalized spacial score (nSPS) is 12.2. The number of hydrogen-bond acceptors (Lipinski definition) is 0. The van der Waals surface area contributed by atoms with Crippen LogP contribution in [0.2, 0.25) is 0 Å². The molecule has 0 aromatic heterocycles. The zero-order valence-electron chi connectivity index (χ0n) is 6.72. The first-order valence-corrected chi connectivity index (χ1v) is 3.51. The monoisotopic (exact) mass is 134 g/mol. The van der Waals surface area contributed by atoms with Crippen LogP contribution in [0.3, 0.4) is 0 Å². The molecule has 0 amide bonds. The van der Waals surface area contributed by atoms with E-state index in [-0.39, 0.29) is 0 Å². The zero-order valence-corrected chi connectivity index (χ0v) is 6.72. The van der Waals surface area contributed by atoms with Crippen LogP contribution in [0.1, 0.15) is 20.3 Å². The summed E-state index contributed by atoms with van der Waals surface area (Å²) < 4.78 is 0. The Morgan fingerprint density at radius 2 is 2.30 bits per heavy atom. The Balaban J connectivity index is 3.61. The second-order valence-corrected chi connectivity index (χ2v) is 2.14. The first kappa shape index (κ1) is 9.04. The molecule has 0 aromatic rings. The lowest BCUT2D eigenvalue weighted by Gasteiger charge is -1.90. The van der Waals surface area contributed by atoms with Gasteiger partial charge < -0.3 is 0 Å². The van der Waals surface area contributed by atoms with Gasteiger partial charge in [0.05, 0.1) is 0 Å². The fourth-order valence-corrected chi connectivity index (χ4v) is 0.655. The van der Waals surface area contributed by atoms with Crippen LogP contribution in [-0.4, -0.2) is 0 Å². The molecule has 0 nitrogen and oxygen atoms in total. The van der Waals surface area contributed by atoms with E-state index in [9.17, 15) is 0 Å². The van der Waals surface area contributed by atoms with Gasteiger partial charge >= 0.3 is 0 Å². The molecule has 0 aromatic carbocycles. The molecule has 1 atom stereocenters. The summed E-state index contributed by atoms with van der Waals surface area (Å²) >= 11 is 0. The Labute approximate surface area is 63.6 Å². The average molecular weight is 134 g/mol. The van der Waals surface area contributed by atoms with Crippen molar-refractivity contribution in [2.45, 2.75) is 20.3 Å². The molecule has 0 bridgehead atoms. The van der Waals surface area contributed by atoms with Crippen molar-refractivity contribution in [2.75, 3.05) is 0 Å². The van der Waals surface area contributed by atoms with Crippen LogP contribution >= 0.6 is 0 Å². The maximum atomic E-state index is 3.62. The molecule has 10 heavy (non-hydrogen) atoms. The van der Waals surface area contributed by atoms with E-state index in [0.717, 1.165) is 6.42 Å². The molecule has 0 fully saturated rings. The highest BCUT2D eigenvalue weighted by Crippen LogP contribution is 1.95. The Kier molecular flexibility index (Phi) is 5.57. The molecule has 0 N–H and O–H groups in total. The van der Waals surface area contributed by atoms with E-state index >= 15 is 0 Å². The molecule has 54 valence electrons. The van der Waals surface area contributed by atoms with Crippen molar-refractivity contribution < 1.29 is 0 Å². The summed E-state index contributed by atoms with van der Waals surface area (Å²) in [6.07, 6.45) is 7.00. The summed E-state index contributed by atoms with van der Waals surface area (Å²) in [5.74, 6) is 6.28. The van der Waals surface area contributed by atoms with Gasteiger partial charge in [-0.1, -0.05) is 24.1 Å². The maximum absolute atomic E-state index is 3.62. The van der Waals surface area contributed by atoms with Gasteiger partial charge in [-0.2, -0.15) is 0 Å². The van der Waals surface area contributed by atoms with E-state index in [0.29, 0.717) is 5.92 Å². The minimum absolute atomic E-state index is 0.380. The third kappa shape index (κ3) is 5.18. The van der Waals surface area contributed by atoms with E-state index in [1.165, 1.54) is 0 Å². The van der Waals surface area contributed by atoms with Crippen LogP contribution in [0, 0.1) is 17.8 Å². The van der Waals surface area contributed by atoms with Crippen molar-refractivity contribution >= 4 is 0 Å². The number of rotatable bonds is 3. The minimum atomic E-state index is 0.380. The van der Waals surface area contributed by atoms with Crippen LogP contribution in [0.5, 0.6) is 0 Å². The standard InChI is InChI=1S/C10H14/c1-4-6-7-9-10(3)8-5-2/h4,7,9-10H,1,6H2,2-3H3. The van der Waals surface area contributed by atoms with Gasteiger partial charge in [0.25, 0.3) is 0 Å². The minimum Gasteiger partial charge on any atom is -0.106 e. The quantitative estimate of drug-likeness (QED) is 0.411. The Morgan fingerprint density at radius 3 is 2.80 bits per heavy atom. The Bertz CT molecular complexity index is 164. The molecular formula is C10H14. The maximum Gasteiger partial charge on any atom is 0.0354 e. The van der Waals surface area contributed by atoms with E-state index in [1.54, 1.807) is 0 Å². The first-order valence-electron chi connectivity index (χ1n) is 3.51. The van der Waals surface area contributed by atoms with Crippen LogP contribution in [-0.2, 0) is 0 Å². The molecule has 0 rings (SSSR count). The van der Waals surface area contributed by atoms with Gasteiger partial charge in [-0.15, -0.1) is 12.5 Å². The Morgan fingerprint density at radius 1 is 1.60 bits per heavy atom. The summed E-state index contributed by atoms with van der Waals surface area (Å²) in [6.45, 7) is 7.55. The van der Waals surface area contributed by atoms with E-state index in [2.05, 4.69) is 37.5 Å². The average Bonchev–Trinajstić information content (AvgIpc) is 1.89. The van der Waals surface area contributed by atoms with Crippen LogP contribution in [0.25, 0.3) is 0 Å². The predicted molar refractivity (Wildman–Crippen MR) is 46.6 cm³/mol. The van der Waals surface area contributed by atoms with Gasteiger partial charge in [0.2, 0.25) is 0 Å². The van der Waals surface area contributed by atoms with Crippen molar-refractivity contribution in [3.05, 3.63) is 24.8 Å². The first-order chi connectivity index (χ1) is 4.81. The van der Waals surface area contributed by atoms with E-state index in [4.69, 9.17) is 0 Å². The lowest BCUT2D eigenvalue weighted by atomic mass is 10.1. The van der Waals surface area contributed by atoms with Gasteiger partial charge in [-0.25, -0.2) is 0 Å². The van der Waals surface area contributed by atoms with Gasteiger partial charge in [0.1, 0.15) is 0 Å². The van der Waals surface area contributed by atoms with Crippen molar-refractivity contribution in [2.24, 2.45) is 5.92 Å². The molecule has 0 radical (unpaired) electrons. The van der Waals surface area contributed by atoms with E-state index in [1.807, 2.05) is 13.0 Å². The molecule has 0 aliphatic carbocycles. The summed E-state index contributed by atoms with van der Waals surface area (Å²) in [6, 6.07) is 0. The number of allylic oxidation sites excluding steroid dienone is 3. The lowest BCUT2D eigenvalue weighted by molar-refractivity contribution is 0.972.